The number of piperidine rings is 1. The molecule has 0 aliphatic carbocycles. The van der Waals surface area contributed by atoms with Crippen LogP contribution in [0.15, 0.2) is 53.7 Å². The largest absolute Gasteiger partial charge is 0.334 e. The highest BCUT2D eigenvalue weighted by atomic mass is 35.5. The number of hydrogen-bond acceptors (Lipinski definition) is 5. The number of benzene rings is 1. The van der Waals surface area contributed by atoms with Crippen molar-refractivity contribution < 1.29 is 14.4 Å². The van der Waals surface area contributed by atoms with E-state index in [2.05, 4.69) is 4.98 Å². The van der Waals surface area contributed by atoms with Crippen LogP contribution >= 0.6 is 23.4 Å². The number of halogens is 1. The third-order valence-corrected chi connectivity index (χ3v) is 6.50. The van der Waals surface area contributed by atoms with Crippen molar-refractivity contribution in [1.82, 2.24) is 14.8 Å². The summed E-state index contributed by atoms with van der Waals surface area (Å²) in [5.74, 6) is -0.696. The molecule has 2 aromatic rings. The quantitative estimate of drug-likeness (QED) is 0.652. The molecule has 4 rings (SSSR count). The normalized spacial score (nSPS) is 20.8. The maximum Gasteiger partial charge on any atom is 0.294 e. The molecule has 0 radical (unpaired) electrons. The van der Waals surface area contributed by atoms with E-state index in [-0.39, 0.29) is 23.4 Å². The van der Waals surface area contributed by atoms with Gasteiger partial charge in [-0.1, -0.05) is 35.9 Å². The number of nitrogens with zero attached hydrogens (tertiary/aromatic N) is 3. The molecule has 0 N–H and O–H groups in total. The Morgan fingerprint density at radius 2 is 2.03 bits per heavy atom. The monoisotopic (exact) mass is 441 g/mol. The van der Waals surface area contributed by atoms with Gasteiger partial charge in [-0.15, -0.1) is 0 Å². The first-order valence-corrected chi connectivity index (χ1v) is 10.9. The molecule has 1 aromatic carbocycles. The Morgan fingerprint density at radius 1 is 1.20 bits per heavy atom. The van der Waals surface area contributed by atoms with Gasteiger partial charge in [-0.2, -0.15) is 0 Å². The predicted molar refractivity (Wildman–Crippen MR) is 117 cm³/mol. The van der Waals surface area contributed by atoms with E-state index in [9.17, 15) is 14.4 Å². The van der Waals surface area contributed by atoms with Crippen molar-refractivity contribution in [2.24, 2.45) is 0 Å². The summed E-state index contributed by atoms with van der Waals surface area (Å²) in [7, 11) is 0. The van der Waals surface area contributed by atoms with Crippen LogP contribution in [0.5, 0.6) is 0 Å². The molecule has 0 spiro atoms. The number of thioether (sulfide) groups is 1. The summed E-state index contributed by atoms with van der Waals surface area (Å²) in [4.78, 5) is 45.5. The van der Waals surface area contributed by atoms with Gasteiger partial charge >= 0.3 is 0 Å². The lowest BCUT2D eigenvalue weighted by Crippen LogP contribution is -2.45. The van der Waals surface area contributed by atoms with Crippen molar-refractivity contribution in [3.63, 3.8) is 0 Å². The lowest BCUT2D eigenvalue weighted by molar-refractivity contribution is -0.138. The van der Waals surface area contributed by atoms with Crippen molar-refractivity contribution >= 4 is 46.5 Å². The standard InChI is InChI=1S/C22H20ClN3O3S/c23-17-8-2-1-6-15(17)12-19-21(28)26(22(29)30-19)14-20(27)25-11-4-3-9-18(25)16-7-5-10-24-13-16/h1-2,5-8,10,12-13,18H,3-4,9,11,14H2/b19-12-/t18-/m0/s1. The Labute approximate surface area is 183 Å². The molecule has 30 heavy (non-hydrogen) atoms. The molecule has 6 nitrogen and oxygen atoms in total. The van der Waals surface area contributed by atoms with Crippen LogP contribution in [-0.2, 0) is 9.59 Å². The SMILES string of the molecule is O=C1S/C(=C\c2ccccc2Cl)C(=O)N1CC(=O)N1CCCC[C@H]1c1cccnc1. The van der Waals surface area contributed by atoms with E-state index in [1.165, 1.54) is 0 Å². The summed E-state index contributed by atoms with van der Waals surface area (Å²) in [6.07, 6.45) is 7.82. The van der Waals surface area contributed by atoms with Crippen molar-refractivity contribution in [2.45, 2.75) is 25.3 Å². The molecule has 2 saturated heterocycles. The Kier molecular flexibility index (Phi) is 6.20. The summed E-state index contributed by atoms with van der Waals surface area (Å²) in [5, 5.41) is 0.0506. The van der Waals surface area contributed by atoms with E-state index < -0.39 is 11.1 Å². The molecule has 1 aromatic heterocycles. The lowest BCUT2D eigenvalue weighted by Gasteiger charge is -2.36. The second kappa shape index (κ2) is 9.02. The minimum Gasteiger partial charge on any atom is -0.334 e. The number of rotatable bonds is 4. The smallest absolute Gasteiger partial charge is 0.294 e. The van der Waals surface area contributed by atoms with Gasteiger partial charge in [0.25, 0.3) is 11.1 Å². The van der Waals surface area contributed by atoms with E-state index in [0.29, 0.717) is 17.1 Å². The van der Waals surface area contributed by atoms with Crippen LogP contribution in [0.25, 0.3) is 6.08 Å². The number of pyridine rings is 1. The number of carbonyl (C=O) groups excluding carboxylic acids is 3. The summed E-state index contributed by atoms with van der Waals surface area (Å²) < 4.78 is 0. The molecule has 0 saturated carbocycles. The molecular weight excluding hydrogens is 422 g/mol. The van der Waals surface area contributed by atoms with Gasteiger partial charge in [0, 0.05) is 24.0 Å². The van der Waals surface area contributed by atoms with Gasteiger partial charge in [-0.25, -0.2) is 0 Å². The minimum atomic E-state index is -0.465. The Balaban J connectivity index is 1.50. The van der Waals surface area contributed by atoms with Gasteiger partial charge in [-0.05, 0) is 60.4 Å². The van der Waals surface area contributed by atoms with Crippen molar-refractivity contribution in [1.29, 1.82) is 0 Å². The van der Waals surface area contributed by atoms with Gasteiger partial charge in [0.05, 0.1) is 10.9 Å². The second-order valence-corrected chi connectivity index (χ2v) is 8.57. The zero-order valence-corrected chi connectivity index (χ0v) is 17.7. The molecular formula is C22H20ClN3O3S. The van der Waals surface area contributed by atoms with E-state index >= 15 is 0 Å². The van der Waals surface area contributed by atoms with E-state index in [0.717, 1.165) is 41.5 Å². The summed E-state index contributed by atoms with van der Waals surface area (Å²) in [6.45, 7) is 0.339. The van der Waals surface area contributed by atoms with Crippen LogP contribution in [0.1, 0.15) is 36.4 Å². The zero-order chi connectivity index (χ0) is 21.1. The molecule has 0 bridgehead atoms. The first kappa shape index (κ1) is 20.6. The summed E-state index contributed by atoms with van der Waals surface area (Å²) in [5.41, 5.74) is 1.63. The molecule has 2 fully saturated rings. The molecule has 0 unspecified atom stereocenters. The molecule has 3 amide bonds. The highest BCUT2D eigenvalue weighted by Gasteiger charge is 2.38. The predicted octanol–water partition coefficient (Wildman–Crippen LogP) is 4.53. The highest BCUT2D eigenvalue weighted by Crippen LogP contribution is 2.35. The molecule has 2 aliphatic heterocycles. The van der Waals surface area contributed by atoms with Gasteiger partial charge in [0.15, 0.2) is 0 Å². The number of hydrogen-bond donors (Lipinski definition) is 0. The first-order chi connectivity index (χ1) is 14.5. The number of carbonyl (C=O) groups is 3. The number of imide groups is 1. The maximum atomic E-state index is 13.1. The molecule has 1 atom stereocenters. The van der Waals surface area contributed by atoms with Crippen LogP contribution in [0.3, 0.4) is 0 Å². The summed E-state index contributed by atoms with van der Waals surface area (Å²) >= 11 is 6.98. The Morgan fingerprint density at radius 3 is 2.80 bits per heavy atom. The van der Waals surface area contributed by atoms with Crippen LogP contribution in [0.2, 0.25) is 5.02 Å². The number of likely N-dealkylation sites (tertiary alicyclic amines) is 1. The number of amides is 3. The highest BCUT2D eigenvalue weighted by molar-refractivity contribution is 8.18. The van der Waals surface area contributed by atoms with E-state index in [1.807, 2.05) is 12.1 Å². The zero-order valence-electron chi connectivity index (χ0n) is 16.2. The van der Waals surface area contributed by atoms with Crippen LogP contribution < -0.4 is 0 Å². The van der Waals surface area contributed by atoms with E-state index in [1.54, 1.807) is 47.6 Å². The van der Waals surface area contributed by atoms with Crippen LogP contribution in [0, 0.1) is 0 Å². The molecule has 3 heterocycles. The van der Waals surface area contributed by atoms with Gasteiger partial charge in [0.1, 0.15) is 6.54 Å². The van der Waals surface area contributed by atoms with Gasteiger partial charge in [-0.3, -0.25) is 24.3 Å². The fourth-order valence-electron chi connectivity index (χ4n) is 3.75. The lowest BCUT2D eigenvalue weighted by atomic mass is 9.96. The number of aromatic nitrogens is 1. The molecule has 8 heteroatoms. The topological polar surface area (TPSA) is 70.6 Å². The molecule has 154 valence electrons. The average Bonchev–Trinajstić information content (AvgIpc) is 3.03. The minimum absolute atomic E-state index is 0.0847. The van der Waals surface area contributed by atoms with E-state index in [4.69, 9.17) is 11.6 Å². The van der Waals surface area contributed by atoms with Crippen LogP contribution in [-0.4, -0.2) is 44.9 Å². The van der Waals surface area contributed by atoms with Crippen LogP contribution in [0.4, 0.5) is 4.79 Å². The first-order valence-electron chi connectivity index (χ1n) is 9.74. The van der Waals surface area contributed by atoms with Crippen molar-refractivity contribution in [3.8, 4) is 0 Å². The summed E-state index contributed by atoms with van der Waals surface area (Å²) in [6, 6.07) is 10.8. The van der Waals surface area contributed by atoms with Gasteiger partial charge in [0.2, 0.25) is 5.91 Å². The second-order valence-electron chi connectivity index (χ2n) is 7.17. The Bertz CT molecular complexity index is 1010. The fourth-order valence-corrected chi connectivity index (χ4v) is 4.76. The third kappa shape index (κ3) is 4.27. The maximum absolute atomic E-state index is 13.1. The van der Waals surface area contributed by atoms with Crippen molar-refractivity contribution in [3.05, 3.63) is 69.8 Å². The van der Waals surface area contributed by atoms with Crippen molar-refractivity contribution in [2.75, 3.05) is 13.1 Å². The average molecular weight is 442 g/mol. The fraction of sp³-hybridized carbons (Fsp3) is 0.273. The Hall–Kier alpha value is -2.64. The third-order valence-electron chi connectivity index (χ3n) is 5.25. The molecule has 2 aliphatic rings. The van der Waals surface area contributed by atoms with Gasteiger partial charge < -0.3 is 4.90 Å².